The summed E-state index contributed by atoms with van der Waals surface area (Å²) in [6, 6.07) is 16.0. The Morgan fingerprint density at radius 2 is 1.43 bits per heavy atom. The third-order valence-electron chi connectivity index (χ3n) is 5.35. The molecule has 0 aromatic heterocycles. The summed E-state index contributed by atoms with van der Waals surface area (Å²) in [5.41, 5.74) is 2.18. The van der Waals surface area contributed by atoms with Crippen LogP contribution < -0.4 is 9.47 Å². The molecule has 2 aromatic rings. The highest BCUT2D eigenvalue weighted by Gasteiger charge is 2.20. The lowest BCUT2D eigenvalue weighted by Gasteiger charge is -2.30. The van der Waals surface area contributed by atoms with Gasteiger partial charge in [0, 0.05) is 12.5 Å². The van der Waals surface area contributed by atoms with Crippen molar-refractivity contribution in [3.8, 4) is 11.5 Å². The first-order valence-electron chi connectivity index (χ1n) is 9.80. The molecule has 5 heteroatoms. The van der Waals surface area contributed by atoms with E-state index in [0.29, 0.717) is 6.61 Å². The van der Waals surface area contributed by atoms with Crippen LogP contribution in [0.4, 0.5) is 0 Å². The van der Waals surface area contributed by atoms with E-state index in [9.17, 15) is 4.79 Å². The maximum atomic E-state index is 10.9. The van der Waals surface area contributed by atoms with Crippen LogP contribution in [0.5, 0.6) is 11.5 Å². The molecule has 3 rings (SSSR count). The van der Waals surface area contributed by atoms with Gasteiger partial charge in [-0.2, -0.15) is 0 Å². The number of hydrogen-bond donors (Lipinski definition) is 0. The van der Waals surface area contributed by atoms with E-state index in [2.05, 4.69) is 4.90 Å². The van der Waals surface area contributed by atoms with Gasteiger partial charge in [-0.05, 0) is 61.3 Å². The number of methoxy groups -OCH3 is 2. The summed E-state index contributed by atoms with van der Waals surface area (Å²) >= 11 is 0. The molecule has 1 fully saturated rings. The number of carbonyl (C=O) groups excluding carboxylic acids is 1. The minimum absolute atomic E-state index is 0.149. The number of ether oxygens (including phenoxy) is 3. The van der Waals surface area contributed by atoms with Gasteiger partial charge in [-0.15, -0.1) is 0 Å². The van der Waals surface area contributed by atoms with Gasteiger partial charge in [0.2, 0.25) is 0 Å². The molecule has 1 aliphatic heterocycles. The molecule has 1 aliphatic rings. The topological polar surface area (TPSA) is 48.0 Å². The van der Waals surface area contributed by atoms with Gasteiger partial charge in [0.25, 0.3) is 0 Å². The van der Waals surface area contributed by atoms with Crippen LogP contribution in [0.25, 0.3) is 0 Å². The average molecular weight is 383 g/mol. The van der Waals surface area contributed by atoms with Gasteiger partial charge < -0.3 is 23.9 Å². The normalized spacial score (nSPS) is 15.5. The van der Waals surface area contributed by atoms with Crippen molar-refractivity contribution in [2.75, 3.05) is 40.5 Å². The van der Waals surface area contributed by atoms with Crippen LogP contribution in [0.2, 0.25) is 0 Å². The van der Waals surface area contributed by atoms with E-state index in [0.717, 1.165) is 61.4 Å². The number of likely N-dealkylation sites (tertiary alicyclic amines) is 1. The van der Waals surface area contributed by atoms with E-state index in [1.807, 2.05) is 48.5 Å². The van der Waals surface area contributed by atoms with Crippen LogP contribution in [-0.2, 0) is 9.53 Å². The number of benzene rings is 2. The molecule has 1 heterocycles. The zero-order valence-electron chi connectivity index (χ0n) is 16.7. The van der Waals surface area contributed by atoms with Gasteiger partial charge in [-0.3, -0.25) is 0 Å². The van der Waals surface area contributed by atoms with Gasteiger partial charge in [0.05, 0.1) is 20.8 Å². The molecule has 1 saturated heterocycles. The Morgan fingerprint density at radius 1 is 0.929 bits per heavy atom. The van der Waals surface area contributed by atoms with Crippen molar-refractivity contribution in [2.45, 2.75) is 18.9 Å². The van der Waals surface area contributed by atoms with E-state index >= 15 is 0 Å². The Labute approximate surface area is 167 Å². The first kappa shape index (κ1) is 20.4. The van der Waals surface area contributed by atoms with Gasteiger partial charge in [-0.25, -0.2) is 0 Å². The lowest BCUT2D eigenvalue weighted by Crippen LogP contribution is -2.36. The maximum Gasteiger partial charge on any atom is 0.123 e. The first-order chi connectivity index (χ1) is 13.7. The molecule has 0 unspecified atom stereocenters. The lowest BCUT2D eigenvalue weighted by atomic mass is 9.99. The third kappa shape index (κ3) is 5.33. The Morgan fingerprint density at radius 3 is 1.86 bits per heavy atom. The molecule has 28 heavy (non-hydrogen) atoms. The van der Waals surface area contributed by atoms with Crippen molar-refractivity contribution in [1.29, 1.82) is 0 Å². The lowest BCUT2D eigenvalue weighted by molar-refractivity contribution is -0.112. The standard InChI is InChI=1S/C23H29NO4/c1-26-21-7-3-19(4-8-21)23(20-5-9-22(27-2)10-6-20)28-16-15-24-13-11-18(17-25)12-14-24/h3-10,17-18,23H,11-16H2,1-2H3. The van der Waals surface area contributed by atoms with Crippen molar-refractivity contribution in [1.82, 2.24) is 4.90 Å². The molecule has 150 valence electrons. The molecule has 0 saturated carbocycles. The minimum Gasteiger partial charge on any atom is -0.497 e. The summed E-state index contributed by atoms with van der Waals surface area (Å²) in [7, 11) is 3.33. The maximum absolute atomic E-state index is 10.9. The second-order valence-electron chi connectivity index (χ2n) is 7.11. The van der Waals surface area contributed by atoms with Gasteiger partial charge in [-0.1, -0.05) is 24.3 Å². The van der Waals surface area contributed by atoms with Gasteiger partial charge >= 0.3 is 0 Å². The summed E-state index contributed by atoms with van der Waals surface area (Å²) in [6.45, 7) is 3.42. The molecular weight excluding hydrogens is 354 g/mol. The SMILES string of the molecule is COc1ccc(C(OCCN2CCC(C=O)CC2)c2ccc(OC)cc2)cc1. The fraction of sp³-hybridized carbons (Fsp3) is 0.435. The van der Waals surface area contributed by atoms with E-state index < -0.39 is 0 Å². The van der Waals surface area contributed by atoms with Crippen molar-refractivity contribution >= 4 is 6.29 Å². The molecular formula is C23H29NO4. The van der Waals surface area contributed by atoms with Gasteiger partial charge in [0.1, 0.15) is 23.9 Å². The summed E-state index contributed by atoms with van der Waals surface area (Å²) in [6.07, 6.45) is 2.84. The smallest absolute Gasteiger partial charge is 0.123 e. The molecule has 0 N–H and O–H groups in total. The highest BCUT2D eigenvalue weighted by molar-refractivity contribution is 5.53. The number of nitrogens with zero attached hydrogens (tertiary/aromatic N) is 1. The monoisotopic (exact) mass is 383 g/mol. The highest BCUT2D eigenvalue weighted by Crippen LogP contribution is 2.29. The van der Waals surface area contributed by atoms with E-state index in [1.165, 1.54) is 0 Å². The van der Waals surface area contributed by atoms with Gasteiger partial charge in [0.15, 0.2) is 0 Å². The number of carbonyl (C=O) groups is 1. The van der Waals surface area contributed by atoms with E-state index in [-0.39, 0.29) is 12.0 Å². The molecule has 2 aromatic carbocycles. The predicted octanol–water partition coefficient (Wildman–Crippen LogP) is 3.72. The predicted molar refractivity (Wildman–Crippen MR) is 109 cm³/mol. The largest absolute Gasteiger partial charge is 0.497 e. The summed E-state index contributed by atoms with van der Waals surface area (Å²) in [5.74, 6) is 1.88. The van der Waals surface area contributed by atoms with Crippen molar-refractivity contribution in [2.24, 2.45) is 5.92 Å². The summed E-state index contributed by atoms with van der Waals surface area (Å²) < 4.78 is 16.9. The third-order valence-corrected chi connectivity index (χ3v) is 5.35. The summed E-state index contributed by atoms with van der Waals surface area (Å²) in [5, 5.41) is 0. The van der Waals surface area contributed by atoms with Crippen LogP contribution in [0.15, 0.2) is 48.5 Å². The number of rotatable bonds is 9. The zero-order chi connectivity index (χ0) is 19.8. The molecule has 0 aliphatic carbocycles. The molecule has 5 nitrogen and oxygen atoms in total. The first-order valence-corrected chi connectivity index (χ1v) is 9.80. The van der Waals surface area contributed by atoms with Crippen LogP contribution in [0, 0.1) is 5.92 Å². The molecule has 0 spiro atoms. The Hall–Kier alpha value is -2.37. The van der Waals surface area contributed by atoms with Crippen molar-refractivity contribution in [3.63, 3.8) is 0 Å². The average Bonchev–Trinajstić information content (AvgIpc) is 2.77. The van der Waals surface area contributed by atoms with Crippen LogP contribution in [0.1, 0.15) is 30.1 Å². The fourth-order valence-corrected chi connectivity index (χ4v) is 3.55. The van der Waals surface area contributed by atoms with E-state index in [4.69, 9.17) is 14.2 Å². The second kappa shape index (κ2) is 10.2. The quantitative estimate of drug-likeness (QED) is 0.618. The molecule has 0 atom stereocenters. The Bertz CT molecular complexity index is 674. The Balaban J connectivity index is 1.66. The van der Waals surface area contributed by atoms with Crippen LogP contribution >= 0.6 is 0 Å². The Kier molecular flexibility index (Phi) is 7.46. The number of piperidine rings is 1. The zero-order valence-corrected chi connectivity index (χ0v) is 16.7. The van der Waals surface area contributed by atoms with Crippen LogP contribution in [-0.4, -0.2) is 51.6 Å². The molecule has 0 amide bonds. The van der Waals surface area contributed by atoms with Crippen molar-refractivity contribution < 1.29 is 19.0 Å². The highest BCUT2D eigenvalue weighted by atomic mass is 16.5. The van der Waals surface area contributed by atoms with Crippen molar-refractivity contribution in [3.05, 3.63) is 59.7 Å². The molecule has 0 bridgehead atoms. The number of aldehydes is 1. The second-order valence-corrected chi connectivity index (χ2v) is 7.11. The summed E-state index contributed by atoms with van der Waals surface area (Å²) in [4.78, 5) is 13.3. The minimum atomic E-state index is -0.149. The number of hydrogen-bond acceptors (Lipinski definition) is 5. The van der Waals surface area contributed by atoms with E-state index in [1.54, 1.807) is 14.2 Å². The molecule has 0 radical (unpaired) electrons. The fourth-order valence-electron chi connectivity index (χ4n) is 3.55. The van der Waals surface area contributed by atoms with Crippen LogP contribution in [0.3, 0.4) is 0 Å².